The second kappa shape index (κ2) is 6.99. The molecule has 0 radical (unpaired) electrons. The summed E-state index contributed by atoms with van der Waals surface area (Å²) in [5.41, 5.74) is 5.49. The number of benzene rings is 2. The van der Waals surface area contributed by atoms with E-state index in [4.69, 9.17) is 9.47 Å². The highest BCUT2D eigenvalue weighted by atomic mass is 16.5. The normalized spacial score (nSPS) is 14.0. The van der Waals surface area contributed by atoms with Crippen molar-refractivity contribution < 1.29 is 14.3 Å². The molecule has 2 aromatic carbocycles. The van der Waals surface area contributed by atoms with Crippen LogP contribution in [-0.2, 0) is 12.8 Å². The maximum Gasteiger partial charge on any atom is 0.261 e. The third-order valence-corrected chi connectivity index (χ3v) is 5.34. The molecular weight excluding hydrogens is 340 g/mol. The monoisotopic (exact) mass is 364 g/mol. The third-order valence-electron chi connectivity index (χ3n) is 5.34. The first-order chi connectivity index (χ1) is 13.1. The van der Waals surface area contributed by atoms with Gasteiger partial charge >= 0.3 is 0 Å². The number of aromatic amines is 1. The number of ether oxygens (including phenoxy) is 2. The summed E-state index contributed by atoms with van der Waals surface area (Å²) in [5, 5.41) is 1.27. The van der Waals surface area contributed by atoms with Gasteiger partial charge < -0.3 is 19.4 Å². The van der Waals surface area contributed by atoms with Gasteiger partial charge in [0.2, 0.25) is 0 Å². The van der Waals surface area contributed by atoms with E-state index in [1.54, 1.807) is 26.4 Å². The fourth-order valence-corrected chi connectivity index (χ4v) is 3.94. The Labute approximate surface area is 158 Å². The number of methoxy groups -OCH3 is 2. The van der Waals surface area contributed by atoms with Crippen molar-refractivity contribution in [3.05, 3.63) is 58.8 Å². The zero-order valence-electron chi connectivity index (χ0n) is 16.0. The Bertz CT molecular complexity index is 984. The first kappa shape index (κ1) is 17.5. The maximum absolute atomic E-state index is 13.3. The lowest BCUT2D eigenvalue weighted by atomic mass is 10.1. The zero-order chi connectivity index (χ0) is 19.0. The number of aryl methyl sites for hydroxylation is 1. The summed E-state index contributed by atoms with van der Waals surface area (Å²) >= 11 is 0. The van der Waals surface area contributed by atoms with E-state index < -0.39 is 0 Å². The van der Waals surface area contributed by atoms with Gasteiger partial charge in [0, 0.05) is 36.1 Å². The lowest BCUT2D eigenvalue weighted by molar-refractivity contribution is 0.0756. The SMILES string of the molecule is COc1cccc(OC)c1C(=O)N1CCc2[nH]c3ccc(C)cc3c2CC1. The van der Waals surface area contributed by atoms with Crippen molar-refractivity contribution in [3.8, 4) is 11.5 Å². The van der Waals surface area contributed by atoms with Crippen LogP contribution in [0.1, 0.15) is 27.2 Å². The van der Waals surface area contributed by atoms with Crippen LogP contribution >= 0.6 is 0 Å². The molecule has 3 aromatic rings. The van der Waals surface area contributed by atoms with Crippen molar-refractivity contribution in [2.24, 2.45) is 0 Å². The highest BCUT2D eigenvalue weighted by Gasteiger charge is 2.26. The highest BCUT2D eigenvalue weighted by Crippen LogP contribution is 2.31. The molecule has 1 N–H and O–H groups in total. The van der Waals surface area contributed by atoms with Crippen molar-refractivity contribution in [1.82, 2.24) is 9.88 Å². The summed E-state index contributed by atoms with van der Waals surface area (Å²) in [6.07, 6.45) is 1.65. The quantitative estimate of drug-likeness (QED) is 0.770. The molecule has 0 saturated carbocycles. The van der Waals surface area contributed by atoms with Crippen LogP contribution in [0.3, 0.4) is 0 Å². The Morgan fingerprint density at radius 1 is 1.04 bits per heavy atom. The maximum atomic E-state index is 13.3. The molecule has 0 bridgehead atoms. The van der Waals surface area contributed by atoms with Crippen LogP contribution in [0.4, 0.5) is 0 Å². The van der Waals surface area contributed by atoms with Crippen LogP contribution in [0.5, 0.6) is 11.5 Å². The van der Waals surface area contributed by atoms with Crippen LogP contribution in [0, 0.1) is 6.92 Å². The second-order valence-corrected chi connectivity index (χ2v) is 6.96. The van der Waals surface area contributed by atoms with E-state index in [-0.39, 0.29) is 5.91 Å². The number of nitrogens with zero attached hydrogens (tertiary/aromatic N) is 1. The van der Waals surface area contributed by atoms with Gasteiger partial charge in [-0.15, -0.1) is 0 Å². The van der Waals surface area contributed by atoms with Crippen LogP contribution in [-0.4, -0.2) is 43.1 Å². The highest BCUT2D eigenvalue weighted by molar-refractivity contribution is 6.00. The molecule has 0 atom stereocenters. The van der Waals surface area contributed by atoms with Gasteiger partial charge in [-0.05, 0) is 43.2 Å². The van der Waals surface area contributed by atoms with Gasteiger partial charge in [0.1, 0.15) is 17.1 Å². The van der Waals surface area contributed by atoms with E-state index in [0.29, 0.717) is 30.2 Å². The van der Waals surface area contributed by atoms with Crippen molar-refractivity contribution in [2.75, 3.05) is 27.3 Å². The number of carbonyl (C=O) groups excluding carboxylic acids is 1. The second-order valence-electron chi connectivity index (χ2n) is 6.96. The molecule has 5 heteroatoms. The summed E-state index contributed by atoms with van der Waals surface area (Å²) in [7, 11) is 3.15. The van der Waals surface area contributed by atoms with Gasteiger partial charge in [-0.2, -0.15) is 0 Å². The van der Waals surface area contributed by atoms with Gasteiger partial charge in [0.15, 0.2) is 0 Å². The number of aromatic nitrogens is 1. The molecule has 0 aliphatic carbocycles. The Morgan fingerprint density at radius 3 is 2.44 bits per heavy atom. The van der Waals surface area contributed by atoms with Crippen LogP contribution in [0.25, 0.3) is 10.9 Å². The van der Waals surface area contributed by atoms with Crippen molar-refractivity contribution in [1.29, 1.82) is 0 Å². The number of amides is 1. The average Bonchev–Trinajstić information content (AvgIpc) is 2.89. The van der Waals surface area contributed by atoms with Crippen molar-refractivity contribution in [3.63, 3.8) is 0 Å². The standard InChI is InChI=1S/C22H24N2O3/c1-14-7-8-17-16(13-14)15-9-11-24(12-10-18(15)23-17)22(25)21-19(26-2)5-4-6-20(21)27-3/h4-8,13,23H,9-12H2,1-3H3. The molecule has 0 unspecified atom stereocenters. The molecular formula is C22H24N2O3. The number of rotatable bonds is 3. The molecule has 27 heavy (non-hydrogen) atoms. The summed E-state index contributed by atoms with van der Waals surface area (Å²) in [5.74, 6) is 1.04. The minimum absolute atomic E-state index is 0.0464. The van der Waals surface area contributed by atoms with E-state index in [9.17, 15) is 4.79 Å². The molecule has 0 fully saturated rings. The summed E-state index contributed by atoms with van der Waals surface area (Å²) in [6.45, 7) is 3.45. The average molecular weight is 364 g/mol. The Kier molecular flexibility index (Phi) is 4.52. The summed E-state index contributed by atoms with van der Waals surface area (Å²) in [6, 6.07) is 11.9. The third kappa shape index (κ3) is 3.03. The predicted octanol–water partition coefficient (Wildman–Crippen LogP) is 3.73. The first-order valence-corrected chi connectivity index (χ1v) is 9.22. The fraction of sp³-hybridized carbons (Fsp3) is 0.318. The molecule has 1 amide bonds. The molecule has 2 heterocycles. The van der Waals surface area contributed by atoms with Gasteiger partial charge in [0.05, 0.1) is 14.2 Å². The predicted molar refractivity (Wildman–Crippen MR) is 106 cm³/mol. The van der Waals surface area contributed by atoms with Gasteiger partial charge in [-0.1, -0.05) is 17.7 Å². The first-order valence-electron chi connectivity index (χ1n) is 9.22. The summed E-state index contributed by atoms with van der Waals surface area (Å²) < 4.78 is 10.8. The number of H-pyrrole nitrogens is 1. The topological polar surface area (TPSA) is 54.6 Å². The van der Waals surface area contributed by atoms with E-state index >= 15 is 0 Å². The number of carbonyl (C=O) groups is 1. The van der Waals surface area contributed by atoms with E-state index in [1.807, 2.05) is 11.0 Å². The molecule has 1 aromatic heterocycles. The molecule has 4 rings (SSSR count). The molecule has 1 aliphatic heterocycles. The molecule has 0 saturated heterocycles. The van der Waals surface area contributed by atoms with Crippen molar-refractivity contribution >= 4 is 16.8 Å². The van der Waals surface area contributed by atoms with Gasteiger partial charge in [0.25, 0.3) is 5.91 Å². The lowest BCUT2D eigenvalue weighted by Gasteiger charge is -2.22. The molecule has 5 nitrogen and oxygen atoms in total. The largest absolute Gasteiger partial charge is 0.496 e. The number of nitrogens with one attached hydrogen (secondary N) is 1. The Balaban J connectivity index is 1.64. The van der Waals surface area contributed by atoms with Crippen LogP contribution in [0.15, 0.2) is 36.4 Å². The van der Waals surface area contributed by atoms with Crippen LogP contribution in [0.2, 0.25) is 0 Å². The number of hydrogen-bond donors (Lipinski definition) is 1. The minimum atomic E-state index is -0.0464. The molecule has 0 spiro atoms. The lowest BCUT2D eigenvalue weighted by Crippen LogP contribution is -2.33. The smallest absolute Gasteiger partial charge is 0.261 e. The molecule has 140 valence electrons. The van der Waals surface area contributed by atoms with E-state index in [2.05, 4.69) is 30.1 Å². The Hall–Kier alpha value is -2.95. The minimum Gasteiger partial charge on any atom is -0.496 e. The van der Waals surface area contributed by atoms with E-state index in [0.717, 1.165) is 12.8 Å². The zero-order valence-corrected chi connectivity index (χ0v) is 16.0. The fourth-order valence-electron chi connectivity index (χ4n) is 3.94. The molecule has 1 aliphatic rings. The van der Waals surface area contributed by atoms with Crippen LogP contribution < -0.4 is 9.47 Å². The number of hydrogen-bond acceptors (Lipinski definition) is 3. The van der Waals surface area contributed by atoms with Crippen molar-refractivity contribution in [2.45, 2.75) is 19.8 Å². The van der Waals surface area contributed by atoms with Gasteiger partial charge in [-0.25, -0.2) is 0 Å². The van der Waals surface area contributed by atoms with E-state index in [1.165, 1.54) is 27.7 Å². The summed E-state index contributed by atoms with van der Waals surface area (Å²) in [4.78, 5) is 18.7. The number of fused-ring (bicyclic) bond motifs is 3. The Morgan fingerprint density at radius 2 is 1.74 bits per heavy atom. The van der Waals surface area contributed by atoms with Gasteiger partial charge in [-0.3, -0.25) is 4.79 Å².